The van der Waals surface area contributed by atoms with Gasteiger partial charge in [-0.1, -0.05) is 17.7 Å². The number of rotatable bonds is 7. The molecule has 1 heterocycles. The summed E-state index contributed by atoms with van der Waals surface area (Å²) in [4.78, 5) is 20.6. The van der Waals surface area contributed by atoms with E-state index < -0.39 is 16.1 Å². The number of carbonyl (C=O) groups excluding carboxylic acids is 1. The second-order valence-corrected chi connectivity index (χ2v) is 8.85. The van der Waals surface area contributed by atoms with Crippen molar-refractivity contribution in [3.63, 3.8) is 0 Å². The molecule has 0 saturated heterocycles. The molecule has 0 aliphatic carbocycles. The lowest BCUT2D eigenvalue weighted by atomic mass is 10.2. The number of ether oxygens (including phenoxy) is 1. The topological polar surface area (TPSA) is 110 Å². The Labute approximate surface area is 181 Å². The molecule has 0 aliphatic heterocycles. The zero-order valence-electron chi connectivity index (χ0n) is 17.7. The van der Waals surface area contributed by atoms with Crippen molar-refractivity contribution in [1.29, 1.82) is 0 Å². The molecule has 0 radical (unpaired) electrons. The molecule has 8 nitrogen and oxygen atoms in total. The van der Waals surface area contributed by atoms with Gasteiger partial charge < -0.3 is 10.1 Å². The molecule has 9 heteroatoms. The van der Waals surface area contributed by atoms with Crippen molar-refractivity contribution in [3.8, 4) is 5.75 Å². The molecular formula is C22H24N4O4S. The van der Waals surface area contributed by atoms with Crippen molar-refractivity contribution in [2.24, 2.45) is 0 Å². The van der Waals surface area contributed by atoms with Crippen LogP contribution < -0.4 is 14.8 Å². The minimum absolute atomic E-state index is 0.0111. The van der Waals surface area contributed by atoms with Crippen LogP contribution in [0.25, 0.3) is 0 Å². The molecule has 2 N–H and O–H groups in total. The van der Waals surface area contributed by atoms with Gasteiger partial charge in [0.1, 0.15) is 5.75 Å². The van der Waals surface area contributed by atoms with Gasteiger partial charge in [-0.3, -0.25) is 4.79 Å². The number of anilines is 2. The van der Waals surface area contributed by atoms with Gasteiger partial charge in [-0.05, 0) is 70.2 Å². The first-order valence-corrected chi connectivity index (χ1v) is 11.1. The smallest absolute Gasteiger partial charge is 0.265 e. The number of hydrogen-bond acceptors (Lipinski definition) is 6. The average molecular weight is 441 g/mol. The lowest BCUT2D eigenvalue weighted by Gasteiger charge is -2.15. The highest BCUT2D eigenvalue weighted by Gasteiger charge is 2.18. The number of nitrogens with one attached hydrogen (secondary N) is 2. The van der Waals surface area contributed by atoms with Gasteiger partial charge in [0, 0.05) is 17.1 Å². The van der Waals surface area contributed by atoms with Crippen molar-refractivity contribution in [2.75, 3.05) is 10.0 Å². The van der Waals surface area contributed by atoms with E-state index in [4.69, 9.17) is 4.74 Å². The van der Waals surface area contributed by atoms with Crippen LogP contribution in [0.15, 0.2) is 59.5 Å². The molecule has 1 aromatic heterocycles. The molecule has 1 atom stereocenters. The monoisotopic (exact) mass is 440 g/mol. The van der Waals surface area contributed by atoms with Gasteiger partial charge in [-0.25, -0.2) is 23.1 Å². The van der Waals surface area contributed by atoms with Gasteiger partial charge in [-0.15, -0.1) is 0 Å². The number of nitrogens with zero attached hydrogens (tertiary/aromatic N) is 2. The summed E-state index contributed by atoms with van der Waals surface area (Å²) in [6.45, 7) is 7.12. The second-order valence-electron chi connectivity index (χ2n) is 7.17. The van der Waals surface area contributed by atoms with Crippen molar-refractivity contribution < 1.29 is 17.9 Å². The van der Waals surface area contributed by atoms with Crippen molar-refractivity contribution in [1.82, 2.24) is 9.97 Å². The van der Waals surface area contributed by atoms with Gasteiger partial charge in [0.15, 0.2) is 6.10 Å². The van der Waals surface area contributed by atoms with Crippen LogP contribution in [0.3, 0.4) is 0 Å². The lowest BCUT2D eigenvalue weighted by Crippen LogP contribution is -2.30. The molecule has 0 saturated carbocycles. The Bertz CT molecular complexity index is 1160. The molecule has 0 spiro atoms. The molecule has 0 unspecified atom stereocenters. The highest BCUT2D eigenvalue weighted by molar-refractivity contribution is 7.92. The van der Waals surface area contributed by atoms with E-state index in [1.54, 1.807) is 39.0 Å². The molecule has 2 aromatic carbocycles. The Kier molecular flexibility index (Phi) is 6.55. The highest BCUT2D eigenvalue weighted by atomic mass is 32.2. The van der Waals surface area contributed by atoms with Gasteiger partial charge in [0.25, 0.3) is 15.9 Å². The highest BCUT2D eigenvalue weighted by Crippen LogP contribution is 2.18. The third-order valence-electron chi connectivity index (χ3n) is 4.34. The van der Waals surface area contributed by atoms with Gasteiger partial charge in [0.2, 0.25) is 5.95 Å². The van der Waals surface area contributed by atoms with E-state index in [2.05, 4.69) is 20.0 Å². The molecule has 1 amide bonds. The lowest BCUT2D eigenvalue weighted by molar-refractivity contribution is -0.122. The number of hydrogen-bond donors (Lipinski definition) is 2. The van der Waals surface area contributed by atoms with Crippen LogP contribution >= 0.6 is 0 Å². The van der Waals surface area contributed by atoms with Gasteiger partial charge in [-0.2, -0.15) is 0 Å². The number of aromatic nitrogens is 2. The van der Waals surface area contributed by atoms with E-state index >= 15 is 0 Å². The SMILES string of the molecule is Cc1ccc(O[C@H](C)C(=O)Nc2ccc(S(=O)(=O)Nc3nc(C)cc(C)n3)cc2)cc1. The molecule has 3 rings (SSSR count). The van der Waals surface area contributed by atoms with Crippen molar-refractivity contribution in [2.45, 2.75) is 38.7 Å². The summed E-state index contributed by atoms with van der Waals surface area (Å²) < 4.78 is 33.2. The summed E-state index contributed by atoms with van der Waals surface area (Å²) in [7, 11) is -3.87. The Morgan fingerprint density at radius 1 is 0.935 bits per heavy atom. The van der Waals surface area contributed by atoms with E-state index in [0.29, 0.717) is 22.8 Å². The summed E-state index contributed by atoms with van der Waals surface area (Å²) in [5.74, 6) is 0.254. The standard InChI is InChI=1S/C22H24N4O4S/c1-14-5-9-19(10-6-14)30-17(4)21(27)25-18-7-11-20(12-8-18)31(28,29)26-22-23-15(2)13-16(3)24-22/h5-13,17H,1-4H3,(H,25,27)(H,23,24,26)/t17-/m1/s1. The predicted octanol–water partition coefficient (Wildman–Crippen LogP) is 3.61. The molecule has 0 bridgehead atoms. The number of amides is 1. The molecule has 0 fully saturated rings. The quantitative estimate of drug-likeness (QED) is 0.581. The summed E-state index contributed by atoms with van der Waals surface area (Å²) in [6.07, 6.45) is -0.727. The van der Waals surface area contributed by atoms with Crippen LogP contribution in [0.5, 0.6) is 5.75 Å². The summed E-state index contributed by atoms with van der Waals surface area (Å²) in [6, 6.07) is 14.9. The summed E-state index contributed by atoms with van der Waals surface area (Å²) in [5.41, 5.74) is 2.86. The first-order valence-electron chi connectivity index (χ1n) is 9.62. The van der Waals surface area contributed by atoms with E-state index in [0.717, 1.165) is 5.56 Å². The van der Waals surface area contributed by atoms with Crippen LogP contribution in [0, 0.1) is 20.8 Å². The predicted molar refractivity (Wildman–Crippen MR) is 119 cm³/mol. The minimum atomic E-state index is -3.87. The Morgan fingerprint density at radius 3 is 2.10 bits per heavy atom. The van der Waals surface area contributed by atoms with Crippen LogP contribution in [0.1, 0.15) is 23.9 Å². The molecular weight excluding hydrogens is 416 g/mol. The van der Waals surface area contributed by atoms with Crippen molar-refractivity contribution >= 4 is 27.6 Å². The third-order valence-corrected chi connectivity index (χ3v) is 5.69. The maximum atomic E-state index is 12.6. The van der Waals surface area contributed by atoms with E-state index in [-0.39, 0.29) is 16.8 Å². The van der Waals surface area contributed by atoms with Crippen molar-refractivity contribution in [3.05, 3.63) is 71.5 Å². The number of benzene rings is 2. The third kappa shape index (κ3) is 6.02. The van der Waals surface area contributed by atoms with E-state index in [1.165, 1.54) is 24.3 Å². The second kappa shape index (κ2) is 9.13. The fourth-order valence-corrected chi connectivity index (χ4v) is 3.73. The van der Waals surface area contributed by atoms with E-state index in [9.17, 15) is 13.2 Å². The zero-order chi connectivity index (χ0) is 22.6. The molecule has 3 aromatic rings. The van der Waals surface area contributed by atoms with Crippen LogP contribution in [0.4, 0.5) is 11.6 Å². The Morgan fingerprint density at radius 2 is 1.52 bits per heavy atom. The zero-order valence-corrected chi connectivity index (χ0v) is 18.5. The largest absolute Gasteiger partial charge is 0.481 e. The number of sulfonamides is 1. The summed E-state index contributed by atoms with van der Waals surface area (Å²) in [5, 5.41) is 2.71. The van der Waals surface area contributed by atoms with Gasteiger partial charge >= 0.3 is 0 Å². The normalized spacial score (nSPS) is 12.1. The summed E-state index contributed by atoms with van der Waals surface area (Å²) >= 11 is 0. The number of aryl methyl sites for hydroxylation is 3. The Hall–Kier alpha value is -3.46. The van der Waals surface area contributed by atoms with Gasteiger partial charge in [0.05, 0.1) is 4.90 Å². The molecule has 0 aliphatic rings. The van der Waals surface area contributed by atoms with Crippen LogP contribution in [-0.2, 0) is 14.8 Å². The fraction of sp³-hybridized carbons (Fsp3) is 0.227. The number of carbonyl (C=O) groups is 1. The minimum Gasteiger partial charge on any atom is -0.481 e. The Balaban J connectivity index is 1.64. The van der Waals surface area contributed by atoms with E-state index in [1.807, 2.05) is 19.1 Å². The average Bonchev–Trinajstić information content (AvgIpc) is 2.69. The van der Waals surface area contributed by atoms with Crippen LogP contribution in [0.2, 0.25) is 0 Å². The molecule has 31 heavy (non-hydrogen) atoms. The maximum absolute atomic E-state index is 12.6. The first kappa shape index (κ1) is 22.2. The molecule has 162 valence electrons. The maximum Gasteiger partial charge on any atom is 0.265 e. The fourth-order valence-electron chi connectivity index (χ4n) is 2.79. The first-order chi connectivity index (χ1) is 14.6. The van der Waals surface area contributed by atoms with Crippen LogP contribution in [-0.4, -0.2) is 30.4 Å².